The molecule has 0 spiro atoms. The molecule has 0 aliphatic carbocycles. The zero-order valence-electron chi connectivity index (χ0n) is 16.0. The van der Waals surface area contributed by atoms with Gasteiger partial charge < -0.3 is 19.5 Å². The van der Waals surface area contributed by atoms with Gasteiger partial charge in [-0.1, -0.05) is 0 Å². The number of imidazole rings is 1. The number of ether oxygens (including phenoxy) is 3. The Labute approximate surface area is 162 Å². The van der Waals surface area contributed by atoms with Crippen LogP contribution in [-0.2, 0) is 16.1 Å². The first kappa shape index (κ1) is 18.1. The van der Waals surface area contributed by atoms with Crippen molar-refractivity contribution in [2.45, 2.75) is 39.1 Å². The van der Waals surface area contributed by atoms with Crippen LogP contribution in [0.2, 0.25) is 0 Å². The summed E-state index contributed by atoms with van der Waals surface area (Å²) in [6, 6.07) is 5.53. The Hall–Kier alpha value is -3.23. The number of aromatic nitrogens is 2. The summed E-state index contributed by atoms with van der Waals surface area (Å²) < 4.78 is 18.3. The summed E-state index contributed by atoms with van der Waals surface area (Å²) in [7, 11) is 0. The Balaban J connectivity index is 1.42. The van der Waals surface area contributed by atoms with Gasteiger partial charge in [-0.25, -0.2) is 14.6 Å². The fraction of sp³-hybridized carbons (Fsp3) is 0.421. The van der Waals surface area contributed by atoms with E-state index < -0.39 is 23.9 Å². The maximum Gasteiger partial charge on any atom is 0.414 e. The number of hydrogen-bond acceptors (Lipinski definition) is 6. The maximum absolute atomic E-state index is 12.3. The number of fused-ring (bicyclic) bond motifs is 3. The summed E-state index contributed by atoms with van der Waals surface area (Å²) in [4.78, 5) is 29.8. The highest BCUT2D eigenvalue weighted by Crippen LogP contribution is 2.34. The zero-order chi connectivity index (χ0) is 19.9. The second kappa shape index (κ2) is 6.74. The van der Waals surface area contributed by atoms with Crippen molar-refractivity contribution in [3.63, 3.8) is 0 Å². The van der Waals surface area contributed by atoms with Gasteiger partial charge in [0.25, 0.3) is 0 Å². The predicted molar refractivity (Wildman–Crippen MR) is 99.7 cm³/mol. The normalized spacial score (nSPS) is 18.0. The molecule has 0 saturated carbocycles. The van der Waals surface area contributed by atoms with Gasteiger partial charge >= 0.3 is 12.2 Å². The van der Waals surface area contributed by atoms with Crippen LogP contribution in [0.1, 0.15) is 26.6 Å². The van der Waals surface area contributed by atoms with Gasteiger partial charge in [0.2, 0.25) is 0 Å². The largest absolute Gasteiger partial charge is 0.483 e. The molecule has 28 heavy (non-hydrogen) atoms. The SMILES string of the molecule is CC(C)(C)OC(=O)NC[C@H]1CN(c2ccc3c(c2)OCc2nccn2-3)C(=O)O1. The second-order valence-electron chi connectivity index (χ2n) is 7.65. The average Bonchev–Trinajstić information content (AvgIpc) is 3.24. The van der Waals surface area contributed by atoms with Gasteiger partial charge in [0.15, 0.2) is 5.82 Å². The van der Waals surface area contributed by atoms with E-state index in [-0.39, 0.29) is 6.54 Å². The van der Waals surface area contributed by atoms with Gasteiger partial charge in [0, 0.05) is 18.5 Å². The minimum absolute atomic E-state index is 0.178. The van der Waals surface area contributed by atoms with E-state index in [0.29, 0.717) is 24.6 Å². The number of nitrogens with zero attached hydrogens (tertiary/aromatic N) is 3. The van der Waals surface area contributed by atoms with Gasteiger partial charge in [-0.3, -0.25) is 9.47 Å². The van der Waals surface area contributed by atoms with E-state index >= 15 is 0 Å². The molecule has 1 fully saturated rings. The Bertz CT molecular complexity index is 917. The third-order valence-electron chi connectivity index (χ3n) is 4.34. The molecule has 1 saturated heterocycles. The predicted octanol–water partition coefficient (Wildman–Crippen LogP) is 2.61. The summed E-state index contributed by atoms with van der Waals surface area (Å²) in [5.41, 5.74) is 0.964. The highest BCUT2D eigenvalue weighted by molar-refractivity contribution is 5.90. The summed E-state index contributed by atoms with van der Waals surface area (Å²) in [5, 5.41) is 2.63. The molecule has 2 aromatic rings. The molecule has 3 heterocycles. The summed E-state index contributed by atoms with van der Waals surface area (Å²) in [5.74, 6) is 1.50. The number of benzene rings is 1. The van der Waals surface area contributed by atoms with Gasteiger partial charge in [-0.15, -0.1) is 0 Å². The second-order valence-corrected chi connectivity index (χ2v) is 7.65. The van der Waals surface area contributed by atoms with Crippen molar-refractivity contribution in [1.29, 1.82) is 0 Å². The van der Waals surface area contributed by atoms with Crippen LogP contribution in [0.3, 0.4) is 0 Å². The molecule has 2 aliphatic heterocycles. The Morgan fingerprint density at radius 3 is 3.00 bits per heavy atom. The Morgan fingerprint density at radius 1 is 1.39 bits per heavy atom. The highest BCUT2D eigenvalue weighted by Gasteiger charge is 2.33. The lowest BCUT2D eigenvalue weighted by atomic mass is 10.2. The van der Waals surface area contributed by atoms with Crippen molar-refractivity contribution in [2.75, 3.05) is 18.0 Å². The number of anilines is 1. The van der Waals surface area contributed by atoms with E-state index in [2.05, 4.69) is 10.3 Å². The van der Waals surface area contributed by atoms with Crippen LogP contribution in [0, 0.1) is 0 Å². The number of rotatable bonds is 3. The van der Waals surface area contributed by atoms with Crippen LogP contribution < -0.4 is 15.0 Å². The lowest BCUT2D eigenvalue weighted by Crippen LogP contribution is -2.38. The minimum atomic E-state index is -0.583. The molecule has 9 nitrogen and oxygen atoms in total. The molecule has 4 rings (SSSR count). The van der Waals surface area contributed by atoms with Gasteiger partial charge in [-0.2, -0.15) is 0 Å². The van der Waals surface area contributed by atoms with E-state index in [4.69, 9.17) is 14.2 Å². The molecule has 1 aromatic heterocycles. The number of carbonyl (C=O) groups excluding carboxylic acids is 2. The molecular weight excluding hydrogens is 364 g/mol. The quantitative estimate of drug-likeness (QED) is 0.871. The lowest BCUT2D eigenvalue weighted by Gasteiger charge is -2.22. The number of amides is 2. The third kappa shape index (κ3) is 3.60. The van der Waals surface area contributed by atoms with Crippen molar-refractivity contribution in [3.8, 4) is 11.4 Å². The summed E-state index contributed by atoms with van der Waals surface area (Å²) in [6.07, 6.45) is 2.13. The first-order valence-corrected chi connectivity index (χ1v) is 9.04. The third-order valence-corrected chi connectivity index (χ3v) is 4.34. The van der Waals surface area contributed by atoms with E-state index in [1.165, 1.54) is 4.90 Å². The van der Waals surface area contributed by atoms with E-state index in [1.807, 2.05) is 29.0 Å². The number of alkyl carbamates (subject to hydrolysis) is 1. The Morgan fingerprint density at radius 2 is 2.21 bits per heavy atom. The molecule has 9 heteroatoms. The van der Waals surface area contributed by atoms with Crippen LogP contribution in [0.15, 0.2) is 30.6 Å². The van der Waals surface area contributed by atoms with Gasteiger partial charge in [0.05, 0.1) is 24.5 Å². The number of nitrogens with one attached hydrogen (secondary N) is 1. The van der Waals surface area contributed by atoms with Crippen LogP contribution in [0.25, 0.3) is 5.69 Å². The monoisotopic (exact) mass is 386 g/mol. The van der Waals surface area contributed by atoms with Gasteiger partial charge in [0.1, 0.15) is 24.1 Å². The molecule has 2 amide bonds. The van der Waals surface area contributed by atoms with E-state index in [9.17, 15) is 9.59 Å². The molecule has 0 unspecified atom stereocenters. The lowest BCUT2D eigenvalue weighted by molar-refractivity contribution is 0.0496. The zero-order valence-corrected chi connectivity index (χ0v) is 16.0. The number of hydrogen-bond donors (Lipinski definition) is 1. The first-order chi connectivity index (χ1) is 13.3. The average molecular weight is 386 g/mol. The molecule has 1 atom stereocenters. The smallest absolute Gasteiger partial charge is 0.414 e. The number of carbonyl (C=O) groups is 2. The van der Waals surface area contributed by atoms with Crippen LogP contribution in [-0.4, -0.2) is 46.5 Å². The van der Waals surface area contributed by atoms with Crippen molar-refractivity contribution >= 4 is 17.9 Å². The fourth-order valence-corrected chi connectivity index (χ4v) is 3.14. The fourth-order valence-electron chi connectivity index (χ4n) is 3.14. The van der Waals surface area contributed by atoms with Crippen molar-refractivity contribution < 1.29 is 23.8 Å². The Kier molecular flexibility index (Phi) is 4.37. The molecule has 148 valence electrons. The first-order valence-electron chi connectivity index (χ1n) is 9.04. The van der Waals surface area contributed by atoms with E-state index in [1.54, 1.807) is 27.0 Å². The number of cyclic esters (lactones) is 1. The minimum Gasteiger partial charge on any atom is -0.483 e. The molecule has 2 aliphatic rings. The summed E-state index contributed by atoms with van der Waals surface area (Å²) >= 11 is 0. The maximum atomic E-state index is 12.3. The topological polar surface area (TPSA) is 94.9 Å². The van der Waals surface area contributed by atoms with Gasteiger partial charge in [-0.05, 0) is 32.9 Å². The summed E-state index contributed by atoms with van der Waals surface area (Å²) in [6.45, 7) is 6.23. The highest BCUT2D eigenvalue weighted by atomic mass is 16.6. The molecule has 0 bridgehead atoms. The van der Waals surface area contributed by atoms with Crippen molar-refractivity contribution in [3.05, 3.63) is 36.4 Å². The molecule has 1 aromatic carbocycles. The van der Waals surface area contributed by atoms with Crippen LogP contribution in [0.5, 0.6) is 5.75 Å². The van der Waals surface area contributed by atoms with Crippen molar-refractivity contribution in [2.24, 2.45) is 0 Å². The molecular formula is C19H22N4O5. The molecule has 0 radical (unpaired) electrons. The molecule has 1 N–H and O–H groups in total. The van der Waals surface area contributed by atoms with Crippen LogP contribution >= 0.6 is 0 Å². The standard InChI is InChI=1S/C19H22N4O5/c1-19(2,3)28-17(24)21-9-13-10-23(18(25)27-13)12-4-5-14-15(8-12)26-11-16-20-6-7-22(14)16/h4-8,13H,9-11H2,1-3H3,(H,21,24)/t13-/m0/s1. The van der Waals surface area contributed by atoms with E-state index in [0.717, 1.165) is 11.5 Å². The van der Waals surface area contributed by atoms with Crippen molar-refractivity contribution in [1.82, 2.24) is 14.9 Å². The van der Waals surface area contributed by atoms with Crippen LogP contribution in [0.4, 0.5) is 15.3 Å².